The largest absolute Gasteiger partial charge is 1.00 e. The molecule has 0 fully saturated rings. The molecule has 0 amide bonds. The standard InChI is InChI=1S/C10H22O4S.Na/c1-3-5-7-9-10(8-6-4-2)14-15(11,12)13;/h10H,3-9H2,1-2H3,(H,11,12,13);/q;+1/p-1. The molecule has 0 aromatic rings. The molecule has 16 heavy (non-hydrogen) atoms. The molecule has 92 valence electrons. The van der Waals surface area contributed by atoms with E-state index in [-0.39, 0.29) is 29.6 Å². The van der Waals surface area contributed by atoms with Gasteiger partial charge in [-0.3, -0.25) is 4.18 Å². The third-order valence-electron chi connectivity index (χ3n) is 2.26. The van der Waals surface area contributed by atoms with Gasteiger partial charge < -0.3 is 4.55 Å². The third kappa shape index (κ3) is 12.9. The molecule has 0 spiro atoms. The van der Waals surface area contributed by atoms with E-state index < -0.39 is 16.5 Å². The van der Waals surface area contributed by atoms with E-state index in [0.29, 0.717) is 12.8 Å². The Labute approximate surface area is 121 Å². The maximum absolute atomic E-state index is 10.5. The maximum Gasteiger partial charge on any atom is 1.00 e. The van der Waals surface area contributed by atoms with Gasteiger partial charge in [-0.15, -0.1) is 0 Å². The van der Waals surface area contributed by atoms with Crippen molar-refractivity contribution >= 4 is 10.4 Å². The normalized spacial score (nSPS) is 13.2. The summed E-state index contributed by atoms with van der Waals surface area (Å²) in [6, 6.07) is 0. The summed E-state index contributed by atoms with van der Waals surface area (Å²) in [5.74, 6) is 0. The van der Waals surface area contributed by atoms with E-state index in [1.807, 2.05) is 6.92 Å². The molecule has 6 heteroatoms. The van der Waals surface area contributed by atoms with Crippen LogP contribution in [0, 0.1) is 0 Å². The second kappa shape index (κ2) is 11.0. The Hall–Kier alpha value is 0.870. The second-order valence-electron chi connectivity index (χ2n) is 3.76. The fraction of sp³-hybridized carbons (Fsp3) is 1.00. The minimum absolute atomic E-state index is 0. The molecule has 0 aromatic carbocycles. The van der Waals surface area contributed by atoms with Crippen LogP contribution in [-0.4, -0.2) is 19.1 Å². The van der Waals surface area contributed by atoms with Gasteiger partial charge in [0.15, 0.2) is 0 Å². The van der Waals surface area contributed by atoms with E-state index in [9.17, 15) is 13.0 Å². The summed E-state index contributed by atoms with van der Waals surface area (Å²) in [6.07, 6.45) is 5.81. The minimum Gasteiger partial charge on any atom is -0.726 e. The van der Waals surface area contributed by atoms with Crippen molar-refractivity contribution in [3.05, 3.63) is 0 Å². The van der Waals surface area contributed by atoms with Crippen LogP contribution in [-0.2, 0) is 14.6 Å². The summed E-state index contributed by atoms with van der Waals surface area (Å²) >= 11 is 0. The van der Waals surface area contributed by atoms with Crippen LogP contribution in [0.4, 0.5) is 0 Å². The van der Waals surface area contributed by atoms with E-state index in [2.05, 4.69) is 11.1 Å². The Kier molecular flexibility index (Phi) is 13.2. The number of unbranched alkanes of at least 4 members (excludes halogenated alkanes) is 3. The maximum atomic E-state index is 10.5. The molecular weight excluding hydrogens is 239 g/mol. The fourth-order valence-corrected chi connectivity index (χ4v) is 1.99. The van der Waals surface area contributed by atoms with E-state index in [1.165, 1.54) is 0 Å². The Morgan fingerprint density at radius 3 is 2.00 bits per heavy atom. The molecule has 1 unspecified atom stereocenters. The van der Waals surface area contributed by atoms with Crippen LogP contribution < -0.4 is 29.6 Å². The van der Waals surface area contributed by atoms with Crippen molar-refractivity contribution in [2.24, 2.45) is 0 Å². The summed E-state index contributed by atoms with van der Waals surface area (Å²) in [6.45, 7) is 4.10. The average molecular weight is 260 g/mol. The Morgan fingerprint density at radius 2 is 1.56 bits per heavy atom. The van der Waals surface area contributed by atoms with Crippen molar-refractivity contribution in [2.45, 2.75) is 64.9 Å². The molecule has 4 nitrogen and oxygen atoms in total. The molecule has 0 aromatic heterocycles. The number of hydrogen-bond acceptors (Lipinski definition) is 4. The van der Waals surface area contributed by atoms with Crippen LogP contribution >= 0.6 is 0 Å². The van der Waals surface area contributed by atoms with Crippen molar-refractivity contribution < 1.29 is 46.7 Å². The summed E-state index contributed by atoms with van der Waals surface area (Å²) in [7, 11) is -4.54. The van der Waals surface area contributed by atoms with Gasteiger partial charge >= 0.3 is 29.6 Å². The van der Waals surface area contributed by atoms with Gasteiger partial charge in [0.1, 0.15) is 0 Å². The first-order chi connectivity index (χ1) is 6.99. The first-order valence-electron chi connectivity index (χ1n) is 5.63. The molecule has 0 bridgehead atoms. The van der Waals surface area contributed by atoms with Crippen molar-refractivity contribution in [3.63, 3.8) is 0 Å². The van der Waals surface area contributed by atoms with E-state index in [4.69, 9.17) is 0 Å². The molecule has 0 aliphatic rings. The molecule has 0 saturated carbocycles. The Balaban J connectivity index is 0. The van der Waals surface area contributed by atoms with Crippen molar-refractivity contribution in [1.82, 2.24) is 0 Å². The summed E-state index contributed by atoms with van der Waals surface area (Å²) < 4.78 is 35.9. The van der Waals surface area contributed by atoms with E-state index in [0.717, 1.165) is 32.1 Å². The van der Waals surface area contributed by atoms with Crippen molar-refractivity contribution in [2.75, 3.05) is 0 Å². The quantitative estimate of drug-likeness (QED) is 0.245. The van der Waals surface area contributed by atoms with E-state index >= 15 is 0 Å². The second-order valence-corrected chi connectivity index (χ2v) is 4.77. The number of rotatable bonds is 9. The average Bonchev–Trinajstić information content (AvgIpc) is 2.12. The molecule has 0 saturated heterocycles. The molecule has 1 atom stereocenters. The van der Waals surface area contributed by atoms with Crippen molar-refractivity contribution in [3.8, 4) is 0 Å². The minimum atomic E-state index is -4.54. The van der Waals surface area contributed by atoms with Crippen LogP contribution in [0.2, 0.25) is 0 Å². The van der Waals surface area contributed by atoms with Crippen LogP contribution in [0.25, 0.3) is 0 Å². The van der Waals surface area contributed by atoms with Gasteiger partial charge in [-0.1, -0.05) is 46.0 Å². The molecule has 0 heterocycles. The van der Waals surface area contributed by atoms with Crippen LogP contribution in [0.5, 0.6) is 0 Å². The zero-order chi connectivity index (χ0) is 11.7. The molecule has 0 aliphatic carbocycles. The topological polar surface area (TPSA) is 66.4 Å². The molecule has 0 radical (unpaired) electrons. The fourth-order valence-electron chi connectivity index (χ4n) is 1.46. The summed E-state index contributed by atoms with van der Waals surface area (Å²) in [5, 5.41) is 0. The number of hydrogen-bond donors (Lipinski definition) is 0. The van der Waals surface area contributed by atoms with Gasteiger partial charge in [-0.05, 0) is 12.8 Å². The zero-order valence-corrected chi connectivity index (χ0v) is 13.4. The van der Waals surface area contributed by atoms with Gasteiger partial charge in [-0.2, -0.15) is 0 Å². The van der Waals surface area contributed by atoms with Gasteiger partial charge in [-0.25, -0.2) is 8.42 Å². The predicted octanol–water partition coefficient (Wildman–Crippen LogP) is -0.394. The van der Waals surface area contributed by atoms with Crippen LogP contribution in [0.15, 0.2) is 0 Å². The molecule has 0 N–H and O–H groups in total. The smallest absolute Gasteiger partial charge is 0.726 e. The van der Waals surface area contributed by atoms with Gasteiger partial charge in [0.05, 0.1) is 6.10 Å². The molecule has 0 rings (SSSR count). The molecular formula is C10H21NaO4S. The van der Waals surface area contributed by atoms with Gasteiger partial charge in [0.25, 0.3) is 0 Å². The summed E-state index contributed by atoms with van der Waals surface area (Å²) in [4.78, 5) is 0. The monoisotopic (exact) mass is 260 g/mol. The predicted molar refractivity (Wildman–Crippen MR) is 58.2 cm³/mol. The van der Waals surface area contributed by atoms with Crippen molar-refractivity contribution in [1.29, 1.82) is 0 Å². The summed E-state index contributed by atoms with van der Waals surface area (Å²) in [5.41, 5.74) is 0. The third-order valence-corrected chi connectivity index (χ3v) is 2.77. The van der Waals surface area contributed by atoms with Gasteiger partial charge in [0.2, 0.25) is 10.4 Å². The SMILES string of the molecule is CCCCCC(CCCC)OS(=O)(=O)[O-].[Na+]. The van der Waals surface area contributed by atoms with E-state index in [1.54, 1.807) is 0 Å². The molecule has 0 aliphatic heterocycles. The van der Waals surface area contributed by atoms with Gasteiger partial charge in [0, 0.05) is 0 Å². The zero-order valence-electron chi connectivity index (χ0n) is 10.6. The van der Waals surface area contributed by atoms with Crippen LogP contribution in [0.1, 0.15) is 58.8 Å². The van der Waals surface area contributed by atoms with Crippen LogP contribution in [0.3, 0.4) is 0 Å². The first kappa shape index (κ1) is 19.2. The first-order valence-corrected chi connectivity index (χ1v) is 6.97. The Morgan fingerprint density at radius 1 is 1.06 bits per heavy atom. The Bertz CT molecular complexity index is 241.